The molecule has 1 N–H and O–H groups in total. The number of benzene rings is 8. The summed E-state index contributed by atoms with van der Waals surface area (Å²) in [5.41, 5.74) is 6.22. The van der Waals surface area contributed by atoms with Crippen LogP contribution in [0.2, 0.25) is 0 Å². The summed E-state index contributed by atoms with van der Waals surface area (Å²) in [6, 6.07) is 69.6. The molecule has 1 aromatic heterocycles. The molecule has 0 aliphatic carbocycles. The highest BCUT2D eigenvalue weighted by Crippen LogP contribution is 2.48. The molecular weight excluding hydrogens is 917 g/mol. The van der Waals surface area contributed by atoms with Crippen LogP contribution in [0.4, 0.5) is 0 Å². The van der Waals surface area contributed by atoms with Gasteiger partial charge in [0.05, 0.1) is 38.6 Å². The summed E-state index contributed by atoms with van der Waals surface area (Å²) in [5.74, 6) is 0.827. The van der Waals surface area contributed by atoms with Crippen molar-refractivity contribution in [2.24, 2.45) is 0 Å². The Hall–Kier alpha value is -7.83. The zero-order chi connectivity index (χ0) is 49.6. The van der Waals surface area contributed by atoms with Gasteiger partial charge in [0.15, 0.2) is 5.43 Å². The summed E-state index contributed by atoms with van der Waals surface area (Å²) in [4.78, 5) is 14.6. The normalized spacial score (nSPS) is 17.6. The number of fused-ring (bicyclic) bond motifs is 1. The minimum absolute atomic E-state index is 0.0416. The Morgan fingerprint density at radius 2 is 0.890 bits per heavy atom. The number of phenols is 1. The van der Waals surface area contributed by atoms with Crippen LogP contribution >= 0.6 is 0 Å². The summed E-state index contributed by atoms with van der Waals surface area (Å²) < 4.78 is 54.1. The first-order valence-corrected chi connectivity index (χ1v) is 24.5. The standard InChI is InChI=1S/C63H56O10/c64-52-35-53(50-31-33-51(34-32-50)67-38-45-21-9-2-10-22-45)72-55-36-54(68-39-46-23-11-3-12-24-46)58(59(65)57(52)55)61-63(71-42-49-29-17-6-18-30-49)62(70-41-48-27-15-5-16-28-48)60(69-40-47-25-13-4-14-26-47)56(73-61)43-66-37-44-19-7-1-8-20-44/h1-36,56,60-63,65H,37-43H2/t56?,60-,61+,62?,63?/m1/s1. The van der Waals surface area contributed by atoms with Gasteiger partial charge in [-0.25, -0.2) is 0 Å². The molecule has 1 aliphatic heterocycles. The van der Waals surface area contributed by atoms with Gasteiger partial charge < -0.3 is 42.7 Å². The van der Waals surface area contributed by atoms with Gasteiger partial charge >= 0.3 is 0 Å². The monoisotopic (exact) mass is 972 g/mol. The maximum absolute atomic E-state index is 14.6. The number of rotatable bonds is 21. The van der Waals surface area contributed by atoms with E-state index in [0.717, 1.165) is 33.4 Å². The van der Waals surface area contributed by atoms with E-state index in [2.05, 4.69) is 0 Å². The van der Waals surface area contributed by atoms with Crippen LogP contribution in [0.5, 0.6) is 17.2 Å². The summed E-state index contributed by atoms with van der Waals surface area (Å²) >= 11 is 0. The van der Waals surface area contributed by atoms with Crippen molar-refractivity contribution in [2.75, 3.05) is 6.61 Å². The van der Waals surface area contributed by atoms with Gasteiger partial charge in [0.2, 0.25) is 0 Å². The van der Waals surface area contributed by atoms with E-state index in [0.29, 0.717) is 30.3 Å². The minimum Gasteiger partial charge on any atom is -0.506 e. The molecule has 8 aromatic carbocycles. The molecule has 2 heterocycles. The van der Waals surface area contributed by atoms with Crippen molar-refractivity contribution in [1.29, 1.82) is 0 Å². The molecule has 1 aliphatic rings. The van der Waals surface area contributed by atoms with Crippen molar-refractivity contribution in [3.63, 3.8) is 0 Å². The van der Waals surface area contributed by atoms with Crippen LogP contribution in [0.25, 0.3) is 22.3 Å². The van der Waals surface area contributed by atoms with E-state index in [1.54, 1.807) is 6.07 Å². The Balaban J connectivity index is 1.08. The second kappa shape index (κ2) is 24.1. The quantitative estimate of drug-likeness (QED) is 0.0746. The highest BCUT2D eigenvalue weighted by atomic mass is 16.6. The SMILES string of the molecule is O=c1cc(-c2ccc(OCc3ccccc3)cc2)oc2cc(OCc3ccccc3)c([C@@H]3OC(COCc4ccccc4)[C@@H](OCc4ccccc4)C(OCc4ccccc4)C3OCc3ccccc3)c(O)c12. The van der Waals surface area contributed by atoms with Gasteiger partial charge in [-0.2, -0.15) is 0 Å². The van der Waals surface area contributed by atoms with E-state index in [1.165, 1.54) is 6.07 Å². The Morgan fingerprint density at radius 1 is 0.452 bits per heavy atom. The number of phenolic OH excluding ortho intramolecular Hbond substituents is 1. The van der Waals surface area contributed by atoms with Gasteiger partial charge in [0, 0.05) is 17.7 Å². The number of hydrogen-bond donors (Lipinski definition) is 1. The van der Waals surface area contributed by atoms with Crippen molar-refractivity contribution >= 4 is 11.0 Å². The van der Waals surface area contributed by atoms with Crippen LogP contribution < -0.4 is 14.9 Å². The van der Waals surface area contributed by atoms with Gasteiger partial charge in [0.1, 0.15) is 77.7 Å². The Morgan fingerprint density at radius 3 is 1.40 bits per heavy atom. The fourth-order valence-corrected chi connectivity index (χ4v) is 9.04. The van der Waals surface area contributed by atoms with Crippen LogP contribution in [-0.4, -0.2) is 36.1 Å². The molecule has 5 atom stereocenters. The molecule has 1 saturated heterocycles. The summed E-state index contributed by atoms with van der Waals surface area (Å²) in [6.07, 6.45) is -4.43. The second-order valence-electron chi connectivity index (χ2n) is 17.9. The summed E-state index contributed by atoms with van der Waals surface area (Å²) in [5, 5.41) is 12.8. The zero-order valence-corrected chi connectivity index (χ0v) is 40.2. The van der Waals surface area contributed by atoms with Gasteiger partial charge in [-0.1, -0.05) is 182 Å². The van der Waals surface area contributed by atoms with E-state index >= 15 is 0 Å². The molecule has 10 rings (SSSR count). The van der Waals surface area contributed by atoms with Crippen molar-refractivity contribution in [3.05, 3.63) is 268 Å². The van der Waals surface area contributed by atoms with Gasteiger partial charge in [-0.3, -0.25) is 4.79 Å². The minimum atomic E-state index is -1.11. The first kappa shape index (κ1) is 48.8. The topological polar surface area (TPSA) is 115 Å². The van der Waals surface area contributed by atoms with Crippen LogP contribution in [0.3, 0.4) is 0 Å². The molecule has 0 radical (unpaired) electrons. The van der Waals surface area contributed by atoms with Gasteiger partial charge in [-0.05, 0) is 57.6 Å². The molecule has 3 unspecified atom stereocenters. The predicted octanol–water partition coefficient (Wildman–Crippen LogP) is 12.7. The van der Waals surface area contributed by atoms with Crippen molar-refractivity contribution in [3.8, 4) is 28.6 Å². The third kappa shape index (κ3) is 12.4. The molecule has 0 bridgehead atoms. The number of ether oxygens (including phenoxy) is 7. The molecule has 9 aromatic rings. The Labute approximate surface area is 424 Å². The lowest BCUT2D eigenvalue weighted by atomic mass is 9.88. The highest BCUT2D eigenvalue weighted by Gasteiger charge is 2.51. The van der Waals surface area contributed by atoms with Crippen LogP contribution in [-0.2, 0) is 63.3 Å². The lowest BCUT2D eigenvalue weighted by Crippen LogP contribution is -2.58. The lowest BCUT2D eigenvalue weighted by Gasteiger charge is -2.46. The average Bonchev–Trinajstić information content (AvgIpc) is 3.44. The average molecular weight is 973 g/mol. The highest BCUT2D eigenvalue weighted by molar-refractivity contribution is 5.88. The molecule has 368 valence electrons. The molecule has 1 fully saturated rings. The van der Waals surface area contributed by atoms with Gasteiger partial charge in [0.25, 0.3) is 0 Å². The van der Waals surface area contributed by atoms with Crippen LogP contribution in [0.1, 0.15) is 45.0 Å². The second-order valence-corrected chi connectivity index (χ2v) is 17.9. The zero-order valence-electron chi connectivity index (χ0n) is 40.2. The summed E-state index contributed by atoms with van der Waals surface area (Å²) in [7, 11) is 0. The predicted molar refractivity (Wildman–Crippen MR) is 280 cm³/mol. The first-order valence-electron chi connectivity index (χ1n) is 24.5. The molecule has 10 nitrogen and oxygen atoms in total. The van der Waals surface area contributed by atoms with E-state index in [-0.39, 0.29) is 61.1 Å². The number of hydrogen-bond acceptors (Lipinski definition) is 10. The fraction of sp³-hybridized carbons (Fsp3) is 0.190. The Kier molecular flexibility index (Phi) is 16.1. The third-order valence-corrected chi connectivity index (χ3v) is 12.8. The third-order valence-electron chi connectivity index (χ3n) is 12.8. The molecule has 10 heteroatoms. The molecular formula is C63H56O10. The van der Waals surface area contributed by atoms with E-state index in [1.807, 2.05) is 206 Å². The maximum Gasteiger partial charge on any atom is 0.197 e. The Bertz CT molecular complexity index is 3170. The smallest absolute Gasteiger partial charge is 0.197 e. The first-order chi connectivity index (χ1) is 36.0. The largest absolute Gasteiger partial charge is 0.506 e. The van der Waals surface area contributed by atoms with E-state index in [9.17, 15) is 9.90 Å². The van der Waals surface area contributed by atoms with Crippen molar-refractivity contribution < 1.29 is 42.7 Å². The van der Waals surface area contributed by atoms with Gasteiger partial charge in [-0.15, -0.1) is 0 Å². The maximum atomic E-state index is 14.6. The molecule has 0 amide bonds. The van der Waals surface area contributed by atoms with Crippen molar-refractivity contribution in [1.82, 2.24) is 0 Å². The van der Waals surface area contributed by atoms with Crippen LogP contribution in [0, 0.1) is 0 Å². The molecule has 0 saturated carbocycles. The van der Waals surface area contributed by atoms with Crippen molar-refractivity contribution in [2.45, 2.75) is 70.2 Å². The molecule has 0 spiro atoms. The lowest BCUT2D eigenvalue weighted by molar-refractivity contribution is -0.275. The van der Waals surface area contributed by atoms with E-state index < -0.39 is 35.9 Å². The van der Waals surface area contributed by atoms with Crippen LogP contribution in [0.15, 0.2) is 228 Å². The molecule has 73 heavy (non-hydrogen) atoms. The van der Waals surface area contributed by atoms with E-state index in [4.69, 9.17) is 37.6 Å². The number of aromatic hydroxyl groups is 1. The summed E-state index contributed by atoms with van der Waals surface area (Å²) in [6.45, 7) is 1.52. The fourth-order valence-electron chi connectivity index (χ4n) is 9.04.